The quantitative estimate of drug-likeness (QED) is 0.633. The van der Waals surface area contributed by atoms with Gasteiger partial charge in [-0.3, -0.25) is 9.78 Å². The second kappa shape index (κ2) is 8.80. The Hall–Kier alpha value is -2.99. The minimum absolute atomic E-state index is 0.154. The van der Waals surface area contributed by atoms with Crippen LogP contribution < -0.4 is 14.8 Å². The second-order valence-electron chi connectivity index (χ2n) is 6.34. The molecule has 0 saturated heterocycles. The molecule has 0 radical (unpaired) electrons. The molecule has 1 amide bonds. The molecule has 0 unspecified atom stereocenters. The van der Waals surface area contributed by atoms with Crippen molar-refractivity contribution in [3.8, 4) is 11.5 Å². The van der Waals surface area contributed by atoms with E-state index < -0.39 is 0 Å². The van der Waals surface area contributed by atoms with Crippen LogP contribution in [0.15, 0.2) is 71.9 Å². The van der Waals surface area contributed by atoms with Crippen LogP contribution in [0, 0.1) is 0 Å². The molecule has 0 aliphatic carbocycles. The maximum Gasteiger partial charge on any atom is 0.255 e. The van der Waals surface area contributed by atoms with Crippen molar-refractivity contribution in [1.29, 1.82) is 0 Å². The zero-order chi connectivity index (χ0) is 19.2. The number of fused-ring (bicyclic) bond motifs is 1. The number of hydrogen-bond donors (Lipinski definition) is 1. The molecular weight excluding hydrogens is 372 g/mol. The summed E-state index contributed by atoms with van der Waals surface area (Å²) in [5.74, 6) is 2.07. The third kappa shape index (κ3) is 4.64. The summed E-state index contributed by atoms with van der Waals surface area (Å²) in [7, 11) is 0. The zero-order valence-corrected chi connectivity index (χ0v) is 16.1. The van der Waals surface area contributed by atoms with Crippen molar-refractivity contribution in [1.82, 2.24) is 4.98 Å². The molecule has 2 aromatic carbocycles. The van der Waals surface area contributed by atoms with Gasteiger partial charge in [0.05, 0.1) is 13.2 Å². The lowest BCUT2D eigenvalue weighted by Gasteiger charge is -2.10. The normalized spacial score (nSPS) is 12.9. The molecule has 0 fully saturated rings. The van der Waals surface area contributed by atoms with Crippen molar-refractivity contribution in [2.75, 3.05) is 18.5 Å². The number of carbonyl (C=O) groups is 1. The van der Waals surface area contributed by atoms with Gasteiger partial charge in [-0.2, -0.15) is 0 Å². The molecule has 0 saturated carbocycles. The molecule has 0 atom stereocenters. The number of amides is 1. The zero-order valence-electron chi connectivity index (χ0n) is 15.3. The summed E-state index contributed by atoms with van der Waals surface area (Å²) in [5, 5.41) is 2.92. The van der Waals surface area contributed by atoms with Gasteiger partial charge in [0.1, 0.15) is 0 Å². The first kappa shape index (κ1) is 18.4. The Balaban J connectivity index is 1.37. The Bertz CT molecular complexity index is 946. The summed E-state index contributed by atoms with van der Waals surface area (Å²) in [6.07, 6.45) is 4.48. The monoisotopic (exact) mass is 392 g/mol. The number of carbonyl (C=O) groups excluding carboxylic acids is 1. The van der Waals surface area contributed by atoms with Crippen molar-refractivity contribution in [3.63, 3.8) is 0 Å². The molecule has 28 heavy (non-hydrogen) atoms. The van der Waals surface area contributed by atoms with E-state index in [0.717, 1.165) is 17.1 Å². The standard InChI is InChI=1S/C22H20N2O3S/c25-22(24-18-6-9-20-21(13-18)27-12-2-11-26-20)17-4-7-19(8-5-17)28-15-16-3-1-10-23-14-16/h1,3-10,13-14H,2,11-12,15H2,(H,24,25). The van der Waals surface area contributed by atoms with Crippen molar-refractivity contribution in [2.24, 2.45) is 0 Å². The predicted octanol–water partition coefficient (Wildman–Crippen LogP) is 4.79. The molecule has 1 aromatic heterocycles. The van der Waals surface area contributed by atoms with Gasteiger partial charge in [-0.05, 0) is 48.0 Å². The lowest BCUT2D eigenvalue weighted by molar-refractivity contribution is 0.102. The van der Waals surface area contributed by atoms with E-state index in [1.807, 2.05) is 48.7 Å². The maximum absolute atomic E-state index is 12.5. The van der Waals surface area contributed by atoms with Gasteiger partial charge in [0.2, 0.25) is 0 Å². The first-order valence-electron chi connectivity index (χ1n) is 9.11. The van der Waals surface area contributed by atoms with Crippen LogP contribution in [0.25, 0.3) is 0 Å². The lowest BCUT2D eigenvalue weighted by atomic mass is 10.2. The van der Waals surface area contributed by atoms with E-state index in [9.17, 15) is 4.79 Å². The van der Waals surface area contributed by atoms with Gasteiger partial charge in [-0.25, -0.2) is 0 Å². The Labute approximate surface area is 168 Å². The van der Waals surface area contributed by atoms with Crippen LogP contribution in [-0.2, 0) is 5.75 Å². The van der Waals surface area contributed by atoms with Crippen molar-refractivity contribution >= 4 is 23.4 Å². The summed E-state index contributed by atoms with van der Waals surface area (Å²) in [4.78, 5) is 17.8. The third-order valence-electron chi connectivity index (χ3n) is 4.25. The third-order valence-corrected chi connectivity index (χ3v) is 5.33. The van der Waals surface area contributed by atoms with E-state index in [-0.39, 0.29) is 5.91 Å². The number of nitrogens with zero attached hydrogens (tertiary/aromatic N) is 1. The SMILES string of the molecule is O=C(Nc1ccc2c(c1)OCCCO2)c1ccc(SCc2cccnc2)cc1. The van der Waals surface area contributed by atoms with Crippen LogP contribution in [-0.4, -0.2) is 24.1 Å². The average Bonchev–Trinajstić information content (AvgIpc) is 2.98. The molecule has 142 valence electrons. The van der Waals surface area contributed by atoms with Crippen LogP contribution >= 0.6 is 11.8 Å². The average molecular weight is 392 g/mol. The fraction of sp³-hybridized carbons (Fsp3) is 0.182. The fourth-order valence-electron chi connectivity index (χ4n) is 2.80. The molecule has 1 aliphatic rings. The highest BCUT2D eigenvalue weighted by atomic mass is 32.2. The van der Waals surface area contributed by atoms with E-state index in [2.05, 4.69) is 16.4 Å². The van der Waals surface area contributed by atoms with Crippen LogP contribution in [0.2, 0.25) is 0 Å². The van der Waals surface area contributed by atoms with Crippen molar-refractivity contribution in [2.45, 2.75) is 17.1 Å². The fourth-order valence-corrected chi connectivity index (χ4v) is 3.63. The molecule has 0 spiro atoms. The van der Waals surface area contributed by atoms with Crippen LogP contribution in [0.4, 0.5) is 5.69 Å². The van der Waals surface area contributed by atoms with E-state index in [4.69, 9.17) is 9.47 Å². The van der Waals surface area contributed by atoms with Crippen molar-refractivity contribution in [3.05, 3.63) is 78.1 Å². The summed E-state index contributed by atoms with van der Waals surface area (Å²) < 4.78 is 11.3. The van der Waals surface area contributed by atoms with Crippen LogP contribution in [0.1, 0.15) is 22.3 Å². The number of hydrogen-bond acceptors (Lipinski definition) is 5. The number of thioether (sulfide) groups is 1. The summed E-state index contributed by atoms with van der Waals surface area (Å²) in [6.45, 7) is 1.26. The summed E-state index contributed by atoms with van der Waals surface area (Å²) in [5.41, 5.74) is 2.46. The van der Waals surface area contributed by atoms with Gasteiger partial charge in [-0.1, -0.05) is 6.07 Å². The molecule has 3 aromatic rings. The van der Waals surface area contributed by atoms with Gasteiger partial charge in [0, 0.05) is 46.8 Å². The number of rotatable bonds is 5. The Morgan fingerprint density at radius 3 is 2.64 bits per heavy atom. The van der Waals surface area contributed by atoms with E-state index in [0.29, 0.717) is 36.0 Å². The highest BCUT2D eigenvalue weighted by Crippen LogP contribution is 2.32. The molecule has 2 heterocycles. The Morgan fingerprint density at radius 2 is 1.86 bits per heavy atom. The highest BCUT2D eigenvalue weighted by molar-refractivity contribution is 7.98. The Kier molecular flexibility index (Phi) is 5.77. The van der Waals surface area contributed by atoms with Gasteiger partial charge in [0.25, 0.3) is 5.91 Å². The maximum atomic E-state index is 12.5. The van der Waals surface area contributed by atoms with Crippen LogP contribution in [0.3, 0.4) is 0 Å². The van der Waals surface area contributed by atoms with Crippen molar-refractivity contribution < 1.29 is 14.3 Å². The minimum Gasteiger partial charge on any atom is -0.490 e. The number of aromatic nitrogens is 1. The summed E-state index contributed by atoms with van der Waals surface area (Å²) in [6, 6.07) is 17.0. The minimum atomic E-state index is -0.154. The topological polar surface area (TPSA) is 60.5 Å². The van der Waals surface area contributed by atoms with E-state index in [1.165, 1.54) is 5.56 Å². The highest BCUT2D eigenvalue weighted by Gasteiger charge is 2.12. The van der Waals surface area contributed by atoms with Gasteiger partial charge >= 0.3 is 0 Å². The lowest BCUT2D eigenvalue weighted by Crippen LogP contribution is -2.11. The van der Waals surface area contributed by atoms with Gasteiger partial charge in [0.15, 0.2) is 11.5 Å². The number of anilines is 1. The predicted molar refractivity (Wildman–Crippen MR) is 110 cm³/mol. The van der Waals surface area contributed by atoms with E-state index >= 15 is 0 Å². The molecule has 4 rings (SSSR count). The Morgan fingerprint density at radius 1 is 1.04 bits per heavy atom. The van der Waals surface area contributed by atoms with Gasteiger partial charge < -0.3 is 14.8 Å². The smallest absolute Gasteiger partial charge is 0.255 e. The van der Waals surface area contributed by atoms with Gasteiger partial charge in [-0.15, -0.1) is 11.8 Å². The molecular formula is C22H20N2O3S. The first-order chi connectivity index (χ1) is 13.8. The summed E-state index contributed by atoms with van der Waals surface area (Å²) >= 11 is 1.71. The molecule has 1 N–H and O–H groups in total. The number of ether oxygens (including phenoxy) is 2. The van der Waals surface area contributed by atoms with E-state index in [1.54, 1.807) is 24.0 Å². The van der Waals surface area contributed by atoms with Crippen LogP contribution in [0.5, 0.6) is 11.5 Å². The first-order valence-corrected chi connectivity index (χ1v) is 10.1. The molecule has 0 bridgehead atoms. The number of benzene rings is 2. The largest absolute Gasteiger partial charge is 0.490 e. The number of nitrogens with one attached hydrogen (secondary N) is 1. The molecule has 6 heteroatoms. The number of pyridine rings is 1. The molecule has 1 aliphatic heterocycles. The second-order valence-corrected chi connectivity index (χ2v) is 7.39. The molecule has 5 nitrogen and oxygen atoms in total.